The monoisotopic (exact) mass is 710 g/mol. The minimum atomic E-state index is -4.12. The van der Waals surface area contributed by atoms with E-state index in [9.17, 15) is 26.7 Å². The van der Waals surface area contributed by atoms with Crippen LogP contribution >= 0.6 is 0 Å². The number of ether oxygens (including phenoxy) is 2. The van der Waals surface area contributed by atoms with Gasteiger partial charge < -0.3 is 28.6 Å². The van der Waals surface area contributed by atoms with Gasteiger partial charge in [-0.2, -0.15) is 4.31 Å². The van der Waals surface area contributed by atoms with E-state index in [4.69, 9.17) is 14.0 Å². The van der Waals surface area contributed by atoms with E-state index in [2.05, 4.69) is 14.9 Å². The third kappa shape index (κ3) is 8.55. The Hall–Kier alpha value is -3.51. The Morgan fingerprint density at radius 3 is 2.52 bits per heavy atom. The number of rotatable bonds is 9. The number of hydrogen-bond donors (Lipinski definition) is 2. The first kappa shape index (κ1) is 37.3. The van der Waals surface area contributed by atoms with E-state index >= 15 is 0 Å². The fourth-order valence-electron chi connectivity index (χ4n) is 5.55. The largest absolute Gasteiger partial charge is 0.490 e. The highest BCUT2D eigenvalue weighted by Gasteiger charge is 2.33. The summed E-state index contributed by atoms with van der Waals surface area (Å²) in [5.74, 6) is -0.508. The van der Waals surface area contributed by atoms with Crippen molar-refractivity contribution in [2.45, 2.75) is 82.1 Å². The van der Waals surface area contributed by atoms with Gasteiger partial charge in [-0.3, -0.25) is 9.52 Å². The number of carbonyl (C=O) groups is 1. The van der Waals surface area contributed by atoms with Crippen molar-refractivity contribution in [2.24, 2.45) is 13.0 Å². The van der Waals surface area contributed by atoms with Crippen LogP contribution in [0.5, 0.6) is 5.75 Å². The zero-order valence-electron chi connectivity index (χ0n) is 28.4. The van der Waals surface area contributed by atoms with Gasteiger partial charge in [0.25, 0.3) is 26.0 Å². The number of likely N-dealkylation sites (N-methyl/N-ethyl adjacent to an activating group) is 1. The van der Waals surface area contributed by atoms with Crippen molar-refractivity contribution < 1.29 is 40.7 Å². The Morgan fingerprint density at radius 1 is 1.17 bits per heavy atom. The molecule has 1 aliphatic rings. The van der Waals surface area contributed by atoms with Gasteiger partial charge in [0.2, 0.25) is 0 Å². The summed E-state index contributed by atoms with van der Waals surface area (Å²) in [5, 5.41) is 13.9. The van der Waals surface area contributed by atoms with Crippen LogP contribution in [0.3, 0.4) is 0 Å². The number of carbonyl (C=O) groups excluding carboxylic acids is 1. The zero-order valence-corrected chi connectivity index (χ0v) is 30.0. The van der Waals surface area contributed by atoms with E-state index in [0.717, 1.165) is 6.42 Å². The average molecular weight is 711 g/mol. The highest BCUT2D eigenvalue weighted by Crippen LogP contribution is 2.30. The van der Waals surface area contributed by atoms with E-state index < -0.39 is 44.0 Å². The minimum Gasteiger partial charge on any atom is -0.490 e. The van der Waals surface area contributed by atoms with Gasteiger partial charge in [-0.25, -0.2) is 21.8 Å². The van der Waals surface area contributed by atoms with Gasteiger partial charge in [0.05, 0.1) is 36.7 Å². The lowest BCUT2D eigenvalue weighted by Gasteiger charge is -2.35. The summed E-state index contributed by atoms with van der Waals surface area (Å²) in [5.41, 5.74) is 0.406. The lowest BCUT2D eigenvalue weighted by atomic mass is 10.0. The number of benzene rings is 1. The summed E-state index contributed by atoms with van der Waals surface area (Å²) in [6.45, 7) is 8.54. The summed E-state index contributed by atoms with van der Waals surface area (Å²) >= 11 is 0. The molecule has 0 fully saturated rings. The summed E-state index contributed by atoms with van der Waals surface area (Å²) in [7, 11) is -4.89. The Labute approximate surface area is 282 Å². The Bertz CT molecular complexity index is 1770. The molecule has 0 spiro atoms. The van der Waals surface area contributed by atoms with Crippen LogP contribution in [0.15, 0.2) is 45.2 Å². The second-order valence-electron chi connectivity index (χ2n) is 12.4. The molecule has 4 atom stereocenters. The number of nitrogens with one attached hydrogen (secondary N) is 1. The number of nitrogens with zero attached hydrogens (tertiary/aromatic N) is 5. The van der Waals surface area contributed by atoms with Crippen LogP contribution < -0.4 is 9.46 Å². The smallest absolute Gasteiger partial charge is 0.267 e. The van der Waals surface area contributed by atoms with E-state index in [1.165, 1.54) is 54.8 Å². The number of imidazole rings is 1. The van der Waals surface area contributed by atoms with Crippen molar-refractivity contribution in [3.05, 3.63) is 47.7 Å². The fraction of sp³-hybridized carbons (Fsp3) is 0.581. The highest BCUT2D eigenvalue weighted by atomic mass is 32.2. The first-order chi connectivity index (χ1) is 22.5. The number of fused-ring (bicyclic) bond motifs is 1. The molecule has 266 valence electrons. The summed E-state index contributed by atoms with van der Waals surface area (Å²) in [4.78, 5) is 19.8. The molecule has 3 aromatic rings. The van der Waals surface area contributed by atoms with Gasteiger partial charge in [0.1, 0.15) is 11.4 Å². The van der Waals surface area contributed by atoms with Crippen molar-refractivity contribution in [1.82, 2.24) is 23.9 Å². The molecule has 3 heterocycles. The molecule has 0 saturated heterocycles. The van der Waals surface area contributed by atoms with Crippen molar-refractivity contribution >= 4 is 31.6 Å². The third-order valence-electron chi connectivity index (χ3n) is 8.33. The Morgan fingerprint density at radius 2 is 1.90 bits per heavy atom. The molecule has 1 aromatic carbocycles. The van der Waals surface area contributed by atoms with Crippen LogP contribution in [-0.2, 0) is 31.8 Å². The van der Waals surface area contributed by atoms with Crippen molar-refractivity contribution in [2.75, 3.05) is 38.1 Å². The Kier molecular flexibility index (Phi) is 11.9. The lowest BCUT2D eigenvalue weighted by Crippen LogP contribution is -2.48. The van der Waals surface area contributed by atoms with Gasteiger partial charge in [-0.05, 0) is 65.2 Å². The molecule has 1 aliphatic heterocycles. The topological polar surface area (TPSA) is 186 Å². The predicted octanol–water partition coefficient (Wildman–Crippen LogP) is 2.94. The van der Waals surface area contributed by atoms with Crippen LogP contribution in [0.4, 0.5) is 5.69 Å². The van der Waals surface area contributed by atoms with Crippen LogP contribution in [0.1, 0.15) is 61.8 Å². The van der Waals surface area contributed by atoms with Crippen LogP contribution in [0.2, 0.25) is 0 Å². The molecule has 48 heavy (non-hydrogen) atoms. The minimum absolute atomic E-state index is 0.000653. The Balaban J connectivity index is 1.69. The molecule has 0 saturated carbocycles. The molecule has 4 rings (SSSR count). The van der Waals surface area contributed by atoms with Crippen LogP contribution in [0, 0.1) is 19.8 Å². The first-order valence-electron chi connectivity index (χ1n) is 15.8. The van der Waals surface area contributed by atoms with Gasteiger partial charge in [-0.1, -0.05) is 12.1 Å². The molecule has 1 amide bonds. The summed E-state index contributed by atoms with van der Waals surface area (Å²) in [6, 6.07) is 3.82. The van der Waals surface area contributed by atoms with Crippen LogP contribution in [-0.4, -0.2) is 103 Å². The highest BCUT2D eigenvalue weighted by molar-refractivity contribution is 7.92. The van der Waals surface area contributed by atoms with E-state index in [0.29, 0.717) is 19.4 Å². The predicted molar refractivity (Wildman–Crippen MR) is 177 cm³/mol. The first-order valence-corrected chi connectivity index (χ1v) is 18.7. The van der Waals surface area contributed by atoms with E-state index in [1.54, 1.807) is 24.6 Å². The standard InChI is InChI=1S/C31H46N6O9S2/c1-20-15-37(21(2)18-38)31(39)26-14-25(34-47(40,41)30-23(4)33-46-24(30)5)11-12-27(26)45-22(3)10-8-9-13-44-28(20)16-36(7)48(42,43)29-17-35(6)19-32-29/h11-12,14,17,19-22,28,34,38H,8-10,13,15-16,18H2,1-7H3/t20-,21+,22-,28-/m0/s1. The molecule has 0 bridgehead atoms. The van der Waals surface area contributed by atoms with Crippen molar-refractivity contribution in [1.29, 1.82) is 0 Å². The molecule has 2 N–H and O–H groups in total. The number of sulfonamides is 2. The molecule has 15 nitrogen and oxygen atoms in total. The van der Waals surface area contributed by atoms with E-state index in [1.807, 2.05) is 13.8 Å². The average Bonchev–Trinajstić information content (AvgIpc) is 3.63. The maximum absolute atomic E-state index is 14.4. The van der Waals surface area contributed by atoms with Gasteiger partial charge in [0.15, 0.2) is 15.7 Å². The van der Waals surface area contributed by atoms with E-state index in [-0.39, 0.29) is 64.2 Å². The molecular formula is C31H46N6O9S2. The number of aliphatic hydroxyl groups excluding tert-OH is 1. The maximum Gasteiger partial charge on any atom is 0.267 e. The van der Waals surface area contributed by atoms with Gasteiger partial charge in [-0.15, -0.1) is 0 Å². The molecule has 0 aliphatic carbocycles. The molecule has 17 heteroatoms. The number of aromatic nitrogens is 3. The lowest BCUT2D eigenvalue weighted by molar-refractivity contribution is -0.00835. The quantitative estimate of drug-likeness (QED) is 0.333. The third-order valence-corrected chi connectivity index (χ3v) is 11.7. The van der Waals surface area contributed by atoms with Crippen LogP contribution in [0.25, 0.3) is 0 Å². The zero-order chi connectivity index (χ0) is 35.4. The SMILES string of the molecule is Cc1noc(C)c1S(=O)(=O)Nc1ccc2c(c1)C(=O)N([C@H](C)CO)C[C@H](C)[C@H](CN(C)S(=O)(=O)c1cn(C)cn1)OCCCC[C@H](C)O2. The fourth-order valence-corrected chi connectivity index (χ4v) is 8.07. The van der Waals surface area contributed by atoms with Crippen molar-refractivity contribution in [3.63, 3.8) is 0 Å². The number of anilines is 1. The van der Waals surface area contributed by atoms with Crippen molar-refractivity contribution in [3.8, 4) is 5.75 Å². The summed E-state index contributed by atoms with van der Waals surface area (Å²) in [6.07, 6.45) is 4.02. The summed E-state index contributed by atoms with van der Waals surface area (Å²) < 4.78 is 76.0. The van der Waals surface area contributed by atoms with Gasteiger partial charge in [0, 0.05) is 51.6 Å². The second-order valence-corrected chi connectivity index (χ2v) is 16.0. The molecule has 0 unspecified atom stereocenters. The number of hydrogen-bond acceptors (Lipinski definition) is 11. The number of aryl methyl sites for hydroxylation is 3. The maximum atomic E-state index is 14.4. The number of amides is 1. The number of aliphatic hydroxyl groups is 1. The normalized spacial score (nSPS) is 21.0. The van der Waals surface area contributed by atoms with Gasteiger partial charge >= 0.3 is 0 Å². The molecule has 0 radical (unpaired) electrons. The molecule has 2 aromatic heterocycles. The molecular weight excluding hydrogens is 665 g/mol. The second kappa shape index (κ2) is 15.4.